The molecule has 1 unspecified atom stereocenters. The van der Waals surface area contributed by atoms with Gasteiger partial charge < -0.3 is 15.2 Å². The van der Waals surface area contributed by atoms with E-state index in [1.165, 1.54) is 32.2 Å². The van der Waals surface area contributed by atoms with E-state index >= 15 is 0 Å². The third-order valence-corrected chi connectivity index (χ3v) is 2.40. The Hall–Kier alpha value is -1.92. The first-order valence-corrected chi connectivity index (χ1v) is 5.47. The molecule has 0 heterocycles. The van der Waals surface area contributed by atoms with Crippen LogP contribution in [0.25, 0.3) is 0 Å². The zero-order valence-electron chi connectivity index (χ0n) is 10.4. The summed E-state index contributed by atoms with van der Waals surface area (Å²) < 4.78 is 41.6. The first-order chi connectivity index (χ1) is 8.73. The molecule has 0 fully saturated rings. The van der Waals surface area contributed by atoms with Crippen molar-refractivity contribution in [3.63, 3.8) is 0 Å². The maximum atomic E-state index is 12.2. The van der Waals surface area contributed by atoms with Crippen LogP contribution in [0.1, 0.15) is 23.7 Å². The highest BCUT2D eigenvalue weighted by molar-refractivity contribution is 5.94. The third kappa shape index (κ3) is 4.69. The van der Waals surface area contributed by atoms with Gasteiger partial charge in [0, 0.05) is 12.1 Å². The average molecular weight is 277 g/mol. The lowest BCUT2D eigenvalue weighted by Gasteiger charge is -2.18. The predicted octanol–water partition coefficient (Wildman–Crippen LogP) is 3.15. The van der Waals surface area contributed by atoms with E-state index in [-0.39, 0.29) is 11.3 Å². The lowest BCUT2D eigenvalue weighted by molar-refractivity contribution is -0.136. The number of benzene rings is 1. The summed E-state index contributed by atoms with van der Waals surface area (Å²) in [5.41, 5.74) is -0.00146. The summed E-state index contributed by atoms with van der Waals surface area (Å²) in [5, 5.41) is 11.5. The molecule has 0 spiro atoms. The molecule has 0 saturated carbocycles. The minimum atomic E-state index is -4.31. The van der Waals surface area contributed by atoms with Gasteiger partial charge >= 0.3 is 12.1 Å². The second-order valence-electron chi connectivity index (χ2n) is 4.08. The summed E-state index contributed by atoms with van der Waals surface area (Å²) in [6.45, 7) is 1.33. The molecule has 106 valence electrons. The second kappa shape index (κ2) is 5.81. The number of alkyl halides is 3. The molecule has 1 rings (SSSR count). The number of ether oxygens (including phenoxy) is 1. The predicted molar refractivity (Wildman–Crippen MR) is 63.7 cm³/mol. The topological polar surface area (TPSA) is 58.6 Å². The zero-order chi connectivity index (χ0) is 14.6. The Morgan fingerprint density at radius 1 is 1.47 bits per heavy atom. The minimum Gasteiger partial charge on any atom is -0.497 e. The van der Waals surface area contributed by atoms with Gasteiger partial charge in [0.1, 0.15) is 5.75 Å². The third-order valence-electron chi connectivity index (χ3n) is 2.40. The van der Waals surface area contributed by atoms with Crippen LogP contribution in [-0.4, -0.2) is 30.4 Å². The fourth-order valence-electron chi connectivity index (χ4n) is 1.62. The number of carboxylic acid groups (broad SMARTS) is 1. The van der Waals surface area contributed by atoms with Gasteiger partial charge in [-0.05, 0) is 19.1 Å². The van der Waals surface area contributed by atoms with Gasteiger partial charge in [0.2, 0.25) is 0 Å². The molecule has 0 saturated heterocycles. The normalized spacial score (nSPS) is 12.9. The number of methoxy groups -OCH3 is 1. The van der Waals surface area contributed by atoms with Gasteiger partial charge in [-0.3, -0.25) is 0 Å². The van der Waals surface area contributed by atoms with E-state index in [0.29, 0.717) is 5.75 Å². The van der Waals surface area contributed by atoms with Gasteiger partial charge in [0.25, 0.3) is 0 Å². The van der Waals surface area contributed by atoms with Crippen LogP contribution in [0.15, 0.2) is 18.2 Å². The Kier molecular flexibility index (Phi) is 4.63. The average Bonchev–Trinajstić information content (AvgIpc) is 2.25. The summed E-state index contributed by atoms with van der Waals surface area (Å²) in [6.07, 6.45) is -5.36. The number of hydrogen-bond acceptors (Lipinski definition) is 3. The van der Waals surface area contributed by atoms with E-state index in [1.807, 2.05) is 0 Å². The summed E-state index contributed by atoms with van der Waals surface area (Å²) >= 11 is 0. The first kappa shape index (κ1) is 15.1. The van der Waals surface area contributed by atoms with Crippen LogP contribution in [0.4, 0.5) is 18.9 Å². The number of hydrogen-bond donors (Lipinski definition) is 2. The van der Waals surface area contributed by atoms with Crippen molar-refractivity contribution in [1.82, 2.24) is 0 Å². The SMILES string of the molecule is COc1ccc(C(=O)O)c(NC(C)CC(F)(F)F)c1. The van der Waals surface area contributed by atoms with Gasteiger partial charge in [-0.1, -0.05) is 0 Å². The van der Waals surface area contributed by atoms with Crippen LogP contribution >= 0.6 is 0 Å². The largest absolute Gasteiger partial charge is 0.497 e. The van der Waals surface area contributed by atoms with Crippen LogP contribution in [0, 0.1) is 0 Å². The molecular weight excluding hydrogens is 263 g/mol. The standard InChI is InChI=1S/C12H14F3NO3/c1-7(6-12(13,14)15)16-10-5-8(19-2)3-4-9(10)11(17)18/h3-5,7,16H,6H2,1-2H3,(H,17,18). The van der Waals surface area contributed by atoms with Crippen LogP contribution in [0.5, 0.6) is 5.75 Å². The Morgan fingerprint density at radius 3 is 2.58 bits per heavy atom. The minimum absolute atomic E-state index is 0.101. The molecule has 0 aliphatic rings. The van der Waals surface area contributed by atoms with Crippen molar-refractivity contribution in [2.24, 2.45) is 0 Å². The van der Waals surface area contributed by atoms with Crippen LogP contribution < -0.4 is 10.1 Å². The van der Waals surface area contributed by atoms with Gasteiger partial charge in [-0.2, -0.15) is 13.2 Å². The molecule has 0 bridgehead atoms. The summed E-state index contributed by atoms with van der Waals surface area (Å²) in [4.78, 5) is 11.0. The van der Waals surface area contributed by atoms with Crippen LogP contribution in [-0.2, 0) is 0 Å². The Labute approximate surface area is 108 Å². The molecule has 0 aliphatic carbocycles. The van der Waals surface area contributed by atoms with Gasteiger partial charge in [0.15, 0.2) is 0 Å². The van der Waals surface area contributed by atoms with Crippen LogP contribution in [0.3, 0.4) is 0 Å². The molecule has 0 amide bonds. The van der Waals surface area contributed by atoms with E-state index in [9.17, 15) is 18.0 Å². The smallest absolute Gasteiger partial charge is 0.391 e. The Bertz CT molecular complexity index is 460. The van der Waals surface area contributed by atoms with Gasteiger partial charge in [0.05, 0.1) is 24.8 Å². The second-order valence-corrected chi connectivity index (χ2v) is 4.08. The monoisotopic (exact) mass is 277 g/mol. The highest BCUT2D eigenvalue weighted by Gasteiger charge is 2.30. The summed E-state index contributed by atoms with van der Waals surface area (Å²) in [7, 11) is 1.39. The Balaban J connectivity index is 2.94. The zero-order valence-corrected chi connectivity index (χ0v) is 10.4. The molecular formula is C12H14F3NO3. The fourth-order valence-corrected chi connectivity index (χ4v) is 1.62. The summed E-state index contributed by atoms with van der Waals surface area (Å²) in [6, 6.07) is 3.13. The van der Waals surface area contributed by atoms with Crippen molar-refractivity contribution in [2.45, 2.75) is 25.6 Å². The van der Waals surface area contributed by atoms with Crippen molar-refractivity contribution < 1.29 is 27.8 Å². The number of aromatic carboxylic acids is 1. The van der Waals surface area contributed by atoms with Gasteiger partial charge in [-0.15, -0.1) is 0 Å². The molecule has 19 heavy (non-hydrogen) atoms. The maximum absolute atomic E-state index is 12.2. The lowest BCUT2D eigenvalue weighted by atomic mass is 10.1. The van der Waals surface area contributed by atoms with Crippen molar-refractivity contribution in [2.75, 3.05) is 12.4 Å². The molecule has 0 radical (unpaired) electrons. The number of carbonyl (C=O) groups is 1. The van der Waals surface area contributed by atoms with E-state index in [1.54, 1.807) is 0 Å². The van der Waals surface area contributed by atoms with Crippen LogP contribution in [0.2, 0.25) is 0 Å². The molecule has 0 aliphatic heterocycles. The number of anilines is 1. The highest BCUT2D eigenvalue weighted by atomic mass is 19.4. The molecule has 7 heteroatoms. The van der Waals surface area contributed by atoms with E-state index in [4.69, 9.17) is 9.84 Å². The lowest BCUT2D eigenvalue weighted by Crippen LogP contribution is -2.24. The van der Waals surface area contributed by atoms with E-state index in [2.05, 4.69) is 5.32 Å². The van der Waals surface area contributed by atoms with Crippen molar-refractivity contribution in [3.8, 4) is 5.75 Å². The molecule has 0 aromatic heterocycles. The summed E-state index contributed by atoms with van der Waals surface area (Å²) in [5.74, 6) is -0.851. The number of carboxylic acids is 1. The first-order valence-electron chi connectivity index (χ1n) is 5.47. The van der Waals surface area contributed by atoms with Crippen molar-refractivity contribution in [1.29, 1.82) is 0 Å². The molecule has 1 aromatic rings. The number of rotatable bonds is 5. The van der Waals surface area contributed by atoms with E-state index < -0.39 is 24.6 Å². The molecule has 4 nitrogen and oxygen atoms in total. The molecule has 1 atom stereocenters. The fraction of sp³-hybridized carbons (Fsp3) is 0.417. The molecule has 2 N–H and O–H groups in total. The highest BCUT2D eigenvalue weighted by Crippen LogP contribution is 2.27. The quantitative estimate of drug-likeness (QED) is 0.868. The Morgan fingerprint density at radius 2 is 2.11 bits per heavy atom. The maximum Gasteiger partial charge on any atom is 0.391 e. The number of nitrogens with one attached hydrogen (secondary N) is 1. The molecule has 1 aromatic carbocycles. The number of halogens is 3. The van der Waals surface area contributed by atoms with Gasteiger partial charge in [-0.25, -0.2) is 4.79 Å². The van der Waals surface area contributed by atoms with Crippen molar-refractivity contribution >= 4 is 11.7 Å². The van der Waals surface area contributed by atoms with E-state index in [0.717, 1.165) is 0 Å². The van der Waals surface area contributed by atoms with Crippen molar-refractivity contribution in [3.05, 3.63) is 23.8 Å².